The highest BCUT2D eigenvalue weighted by atomic mass is 19.4. The first-order chi connectivity index (χ1) is 13.8. The van der Waals surface area contributed by atoms with E-state index >= 15 is 0 Å². The predicted octanol–water partition coefficient (Wildman–Crippen LogP) is 4.29. The minimum absolute atomic E-state index is 0.0369. The molecular formula is C21H26F3N3O2. The van der Waals surface area contributed by atoms with Gasteiger partial charge in [-0.25, -0.2) is 0 Å². The number of ether oxygens (including phenoxy) is 2. The van der Waals surface area contributed by atoms with E-state index in [4.69, 9.17) is 9.47 Å². The van der Waals surface area contributed by atoms with Gasteiger partial charge in [0.15, 0.2) is 17.2 Å². The predicted molar refractivity (Wildman–Crippen MR) is 102 cm³/mol. The third-order valence-electron chi connectivity index (χ3n) is 6.73. The van der Waals surface area contributed by atoms with Crippen LogP contribution in [0.3, 0.4) is 0 Å². The van der Waals surface area contributed by atoms with Gasteiger partial charge >= 0.3 is 6.18 Å². The highest BCUT2D eigenvalue weighted by Gasteiger charge is 2.51. The fourth-order valence-electron chi connectivity index (χ4n) is 5.18. The first kappa shape index (κ1) is 20.1. The molecule has 2 heterocycles. The molecule has 8 heteroatoms. The van der Waals surface area contributed by atoms with Crippen LogP contribution < -0.4 is 9.47 Å². The third kappa shape index (κ3) is 3.37. The normalized spacial score (nSPS) is 27.7. The largest absolute Gasteiger partial charge is 0.493 e. The smallest absolute Gasteiger partial charge is 0.435 e. The van der Waals surface area contributed by atoms with Crippen molar-refractivity contribution in [3.05, 3.63) is 41.7 Å². The van der Waals surface area contributed by atoms with Crippen molar-refractivity contribution in [1.82, 2.24) is 14.7 Å². The van der Waals surface area contributed by atoms with Crippen molar-refractivity contribution >= 4 is 0 Å². The van der Waals surface area contributed by atoms with Gasteiger partial charge in [-0.3, -0.25) is 4.68 Å². The van der Waals surface area contributed by atoms with Gasteiger partial charge in [0.05, 0.1) is 20.3 Å². The number of hydrogen-bond acceptors (Lipinski definition) is 4. The molecular weight excluding hydrogens is 383 g/mol. The van der Waals surface area contributed by atoms with Gasteiger partial charge in [0.25, 0.3) is 0 Å². The molecule has 2 aliphatic rings. The number of aromatic nitrogens is 2. The summed E-state index contributed by atoms with van der Waals surface area (Å²) >= 11 is 0. The summed E-state index contributed by atoms with van der Waals surface area (Å²) < 4.78 is 51.3. The van der Waals surface area contributed by atoms with Gasteiger partial charge in [0, 0.05) is 17.7 Å². The lowest BCUT2D eigenvalue weighted by Crippen LogP contribution is -2.46. The van der Waals surface area contributed by atoms with Crippen LogP contribution in [-0.4, -0.2) is 48.5 Å². The second kappa shape index (κ2) is 7.23. The summed E-state index contributed by atoms with van der Waals surface area (Å²) in [5.41, 5.74) is 0.346. The van der Waals surface area contributed by atoms with E-state index in [1.54, 1.807) is 14.2 Å². The Morgan fingerprint density at radius 2 is 1.86 bits per heavy atom. The van der Waals surface area contributed by atoms with Crippen molar-refractivity contribution in [3.63, 3.8) is 0 Å². The van der Waals surface area contributed by atoms with Crippen molar-refractivity contribution in [2.75, 3.05) is 27.8 Å². The topological polar surface area (TPSA) is 39.5 Å². The first-order valence-electron chi connectivity index (χ1n) is 9.83. The van der Waals surface area contributed by atoms with E-state index in [1.165, 1.54) is 16.4 Å². The Balaban J connectivity index is 1.63. The zero-order valence-electron chi connectivity index (χ0n) is 16.9. The fourth-order valence-corrected chi connectivity index (χ4v) is 5.18. The summed E-state index contributed by atoms with van der Waals surface area (Å²) in [5.74, 6) is 1.40. The SMILES string of the molecule is COc1ccc([C@]23CC[C@@H](n4ccc(C(F)(F)F)n4)C[C@H]2N(C)CC3)cc1OC. The Bertz CT molecular complexity index is 882. The molecule has 0 radical (unpaired) electrons. The number of rotatable bonds is 4. The molecule has 29 heavy (non-hydrogen) atoms. The van der Waals surface area contributed by atoms with Gasteiger partial charge in [0.2, 0.25) is 0 Å². The van der Waals surface area contributed by atoms with Crippen LogP contribution in [0, 0.1) is 0 Å². The molecule has 1 aromatic heterocycles. The van der Waals surface area contributed by atoms with Crippen LogP contribution in [0.4, 0.5) is 13.2 Å². The lowest BCUT2D eigenvalue weighted by molar-refractivity contribution is -0.141. The van der Waals surface area contributed by atoms with E-state index in [0.29, 0.717) is 11.5 Å². The lowest BCUT2D eigenvalue weighted by Gasteiger charge is -2.44. The Morgan fingerprint density at radius 3 is 2.52 bits per heavy atom. The first-order valence-corrected chi connectivity index (χ1v) is 9.83. The standard InChI is InChI=1S/C21H26F3N3O2/c1-26-11-9-20(14-4-5-16(28-2)17(12-14)29-3)8-6-15(13-19(20)26)27-10-7-18(25-27)21(22,23)24/h4-5,7,10,12,15,19H,6,8-9,11,13H2,1-3H3/t15-,19-,20-/m1/s1. The average Bonchev–Trinajstić information content (AvgIpc) is 3.33. The highest BCUT2D eigenvalue weighted by Crippen LogP contribution is 2.52. The number of nitrogens with zero attached hydrogens (tertiary/aromatic N) is 3. The molecule has 0 amide bonds. The van der Waals surface area contributed by atoms with Crippen molar-refractivity contribution in [2.24, 2.45) is 0 Å². The molecule has 0 unspecified atom stereocenters. The zero-order chi connectivity index (χ0) is 20.8. The molecule has 2 aromatic rings. The molecule has 0 spiro atoms. The Morgan fingerprint density at radius 1 is 1.10 bits per heavy atom. The Hall–Kier alpha value is -2.22. The van der Waals surface area contributed by atoms with Crippen LogP contribution in [-0.2, 0) is 11.6 Å². The molecule has 4 rings (SSSR count). The molecule has 1 aromatic carbocycles. The van der Waals surface area contributed by atoms with Gasteiger partial charge in [-0.15, -0.1) is 0 Å². The summed E-state index contributed by atoms with van der Waals surface area (Å²) in [7, 11) is 5.34. The maximum absolute atomic E-state index is 13.0. The quantitative estimate of drug-likeness (QED) is 0.756. The number of halogens is 3. The third-order valence-corrected chi connectivity index (χ3v) is 6.73. The molecule has 0 bridgehead atoms. The van der Waals surface area contributed by atoms with Crippen molar-refractivity contribution in [1.29, 1.82) is 0 Å². The number of benzene rings is 1. The van der Waals surface area contributed by atoms with E-state index in [0.717, 1.165) is 38.3 Å². The van der Waals surface area contributed by atoms with E-state index in [-0.39, 0.29) is 17.5 Å². The van der Waals surface area contributed by atoms with E-state index in [9.17, 15) is 13.2 Å². The van der Waals surface area contributed by atoms with Crippen LogP contribution >= 0.6 is 0 Å². The molecule has 3 atom stereocenters. The maximum atomic E-state index is 13.0. The number of likely N-dealkylation sites (N-methyl/N-ethyl adjacent to an activating group) is 1. The number of alkyl halides is 3. The number of hydrogen-bond donors (Lipinski definition) is 0. The van der Waals surface area contributed by atoms with Crippen molar-refractivity contribution < 1.29 is 22.6 Å². The van der Waals surface area contributed by atoms with Gasteiger partial charge in [-0.2, -0.15) is 18.3 Å². The molecule has 5 nitrogen and oxygen atoms in total. The number of fused-ring (bicyclic) bond motifs is 1. The summed E-state index contributed by atoms with van der Waals surface area (Å²) in [6, 6.07) is 7.36. The van der Waals surface area contributed by atoms with Crippen LogP contribution in [0.2, 0.25) is 0 Å². The van der Waals surface area contributed by atoms with E-state index < -0.39 is 11.9 Å². The van der Waals surface area contributed by atoms with Gasteiger partial charge in [-0.1, -0.05) is 6.07 Å². The minimum atomic E-state index is -4.41. The lowest BCUT2D eigenvalue weighted by atomic mass is 9.65. The van der Waals surface area contributed by atoms with Gasteiger partial charge < -0.3 is 14.4 Å². The Kier molecular flexibility index (Phi) is 5.01. The van der Waals surface area contributed by atoms with Gasteiger partial charge in [0.1, 0.15) is 0 Å². The molecule has 1 aliphatic heterocycles. The summed E-state index contributed by atoms with van der Waals surface area (Å²) in [4.78, 5) is 2.33. The second-order valence-corrected chi connectivity index (χ2v) is 8.08. The molecule has 0 N–H and O–H groups in total. The molecule has 1 saturated heterocycles. The summed E-state index contributed by atoms with van der Waals surface area (Å²) in [6.45, 7) is 0.957. The van der Waals surface area contributed by atoms with Crippen LogP contribution in [0.25, 0.3) is 0 Å². The molecule has 1 saturated carbocycles. The van der Waals surface area contributed by atoms with Crippen LogP contribution in [0.1, 0.15) is 43.0 Å². The molecule has 1 aliphatic carbocycles. The number of likely N-dealkylation sites (tertiary alicyclic amines) is 1. The van der Waals surface area contributed by atoms with Crippen molar-refractivity contribution in [3.8, 4) is 11.5 Å². The van der Waals surface area contributed by atoms with Gasteiger partial charge in [-0.05, 0) is 63.0 Å². The summed E-state index contributed by atoms with van der Waals surface area (Å²) in [6.07, 6.45) is 0.521. The summed E-state index contributed by atoms with van der Waals surface area (Å²) in [5, 5.41) is 3.83. The Labute approximate surface area is 168 Å². The monoisotopic (exact) mass is 409 g/mol. The highest BCUT2D eigenvalue weighted by molar-refractivity contribution is 5.46. The maximum Gasteiger partial charge on any atom is 0.435 e. The number of methoxy groups -OCH3 is 2. The average molecular weight is 409 g/mol. The second-order valence-electron chi connectivity index (χ2n) is 8.08. The van der Waals surface area contributed by atoms with Crippen molar-refractivity contribution in [2.45, 2.75) is 49.4 Å². The fraction of sp³-hybridized carbons (Fsp3) is 0.571. The van der Waals surface area contributed by atoms with E-state index in [1.807, 2.05) is 6.07 Å². The zero-order valence-corrected chi connectivity index (χ0v) is 16.9. The van der Waals surface area contributed by atoms with E-state index in [2.05, 4.69) is 29.2 Å². The molecule has 158 valence electrons. The van der Waals surface area contributed by atoms with Crippen LogP contribution in [0.5, 0.6) is 11.5 Å². The molecule has 2 fully saturated rings. The minimum Gasteiger partial charge on any atom is -0.493 e. The van der Waals surface area contributed by atoms with Crippen LogP contribution in [0.15, 0.2) is 30.5 Å².